The molecule has 0 aliphatic heterocycles. The molecule has 1 saturated carbocycles. The molecular formula is C16H29F3N4O. The Morgan fingerprint density at radius 2 is 1.71 bits per heavy atom. The average Bonchev–Trinajstić information content (AvgIpc) is 2.51. The molecule has 0 aromatic heterocycles. The van der Waals surface area contributed by atoms with Gasteiger partial charge in [0.1, 0.15) is 0 Å². The molecule has 1 aliphatic rings. The molecule has 1 fully saturated rings. The maximum Gasteiger partial charge on any atom is 0.391 e. The number of rotatable bonds is 5. The molecule has 1 aliphatic carbocycles. The van der Waals surface area contributed by atoms with Crippen LogP contribution in [-0.4, -0.2) is 44.2 Å². The summed E-state index contributed by atoms with van der Waals surface area (Å²) in [5.74, 6) is -0.733. The molecule has 1 rings (SSSR count). The van der Waals surface area contributed by atoms with E-state index in [1.54, 1.807) is 7.05 Å². The highest BCUT2D eigenvalue weighted by atomic mass is 19.4. The van der Waals surface area contributed by atoms with Crippen LogP contribution in [-0.2, 0) is 4.79 Å². The second-order valence-corrected chi connectivity index (χ2v) is 6.90. The predicted molar refractivity (Wildman–Crippen MR) is 88.8 cm³/mol. The number of hydrogen-bond acceptors (Lipinski definition) is 2. The summed E-state index contributed by atoms with van der Waals surface area (Å²) in [4.78, 5) is 16.1. The van der Waals surface area contributed by atoms with Crippen molar-refractivity contribution in [1.82, 2.24) is 16.0 Å². The SMILES string of the molecule is CCNC(=O)C(C)(C)CNC(=NC)NC1CCC(C(F)(F)F)CC1. The van der Waals surface area contributed by atoms with Gasteiger partial charge in [0.05, 0.1) is 11.3 Å². The molecular weight excluding hydrogens is 321 g/mol. The van der Waals surface area contributed by atoms with Crippen molar-refractivity contribution in [2.75, 3.05) is 20.1 Å². The lowest BCUT2D eigenvalue weighted by Crippen LogP contribution is -2.50. The van der Waals surface area contributed by atoms with Crippen molar-refractivity contribution in [2.24, 2.45) is 16.3 Å². The highest BCUT2D eigenvalue weighted by Crippen LogP contribution is 2.37. The van der Waals surface area contributed by atoms with Crippen LogP contribution in [0.4, 0.5) is 13.2 Å². The number of guanidine groups is 1. The monoisotopic (exact) mass is 350 g/mol. The van der Waals surface area contributed by atoms with E-state index < -0.39 is 17.5 Å². The van der Waals surface area contributed by atoms with Crippen molar-refractivity contribution < 1.29 is 18.0 Å². The fourth-order valence-electron chi connectivity index (χ4n) is 2.74. The first-order chi connectivity index (χ1) is 11.1. The Kier molecular flexibility index (Phi) is 7.35. The number of aliphatic imine (C=N–C) groups is 1. The van der Waals surface area contributed by atoms with Crippen LogP contribution in [0.15, 0.2) is 4.99 Å². The fraction of sp³-hybridized carbons (Fsp3) is 0.875. The number of amides is 1. The van der Waals surface area contributed by atoms with E-state index in [-0.39, 0.29) is 24.8 Å². The minimum atomic E-state index is -4.10. The van der Waals surface area contributed by atoms with Crippen molar-refractivity contribution in [3.05, 3.63) is 0 Å². The largest absolute Gasteiger partial charge is 0.391 e. The van der Waals surface area contributed by atoms with Gasteiger partial charge in [0.15, 0.2) is 5.96 Å². The standard InChI is InChI=1S/C16H29F3N4O/c1-5-21-13(24)15(2,3)10-22-14(20-4)23-12-8-6-11(7-9-12)16(17,18)19/h11-12H,5-10H2,1-4H3,(H,21,24)(H2,20,22,23). The van der Waals surface area contributed by atoms with Gasteiger partial charge in [0, 0.05) is 26.2 Å². The number of carbonyl (C=O) groups is 1. The third kappa shape index (κ3) is 6.20. The summed E-state index contributed by atoms with van der Waals surface area (Å²) in [5.41, 5.74) is -0.610. The van der Waals surface area contributed by atoms with E-state index in [2.05, 4.69) is 20.9 Å². The van der Waals surface area contributed by atoms with Crippen LogP contribution < -0.4 is 16.0 Å². The average molecular weight is 350 g/mol. The second-order valence-electron chi connectivity index (χ2n) is 6.90. The molecule has 0 aromatic carbocycles. The third-order valence-electron chi connectivity index (χ3n) is 4.40. The zero-order valence-corrected chi connectivity index (χ0v) is 14.9. The summed E-state index contributed by atoms with van der Waals surface area (Å²) in [7, 11) is 1.61. The Balaban J connectivity index is 2.45. The van der Waals surface area contributed by atoms with Crippen LogP contribution in [0.2, 0.25) is 0 Å². The minimum absolute atomic E-state index is 0.0256. The number of nitrogens with one attached hydrogen (secondary N) is 3. The Hall–Kier alpha value is -1.47. The molecule has 0 radical (unpaired) electrons. The molecule has 0 spiro atoms. The zero-order chi connectivity index (χ0) is 18.4. The lowest BCUT2D eigenvalue weighted by atomic mass is 9.85. The minimum Gasteiger partial charge on any atom is -0.356 e. The summed E-state index contributed by atoms with van der Waals surface area (Å²) in [6.45, 7) is 6.47. The molecule has 0 aromatic rings. The van der Waals surface area contributed by atoms with Crippen LogP contribution >= 0.6 is 0 Å². The van der Waals surface area contributed by atoms with E-state index in [0.29, 0.717) is 31.9 Å². The van der Waals surface area contributed by atoms with E-state index in [1.165, 1.54) is 0 Å². The van der Waals surface area contributed by atoms with E-state index in [1.807, 2.05) is 20.8 Å². The Morgan fingerprint density at radius 1 is 1.12 bits per heavy atom. The lowest BCUT2D eigenvalue weighted by molar-refractivity contribution is -0.182. The predicted octanol–water partition coefficient (Wildman–Crippen LogP) is 2.43. The maximum atomic E-state index is 12.7. The summed E-state index contributed by atoms with van der Waals surface area (Å²) in [6, 6.07) is -0.0256. The van der Waals surface area contributed by atoms with Crippen molar-refractivity contribution >= 4 is 11.9 Å². The van der Waals surface area contributed by atoms with Crippen LogP contribution in [0.25, 0.3) is 0 Å². The highest BCUT2D eigenvalue weighted by Gasteiger charge is 2.41. The molecule has 0 atom stereocenters. The molecule has 3 N–H and O–H groups in total. The summed E-state index contributed by atoms with van der Waals surface area (Å²) >= 11 is 0. The lowest BCUT2D eigenvalue weighted by Gasteiger charge is -2.32. The summed E-state index contributed by atoms with van der Waals surface area (Å²) in [6.07, 6.45) is -2.89. The van der Waals surface area contributed by atoms with Gasteiger partial charge in [-0.25, -0.2) is 0 Å². The van der Waals surface area contributed by atoms with Gasteiger partial charge in [-0.05, 0) is 46.5 Å². The van der Waals surface area contributed by atoms with Gasteiger partial charge in [-0.3, -0.25) is 9.79 Å². The van der Waals surface area contributed by atoms with Crippen molar-refractivity contribution in [3.63, 3.8) is 0 Å². The Morgan fingerprint density at radius 3 is 2.17 bits per heavy atom. The number of halogens is 3. The van der Waals surface area contributed by atoms with Crippen LogP contribution in [0.1, 0.15) is 46.5 Å². The quantitative estimate of drug-likeness (QED) is 0.527. The molecule has 1 amide bonds. The molecule has 0 unspecified atom stereocenters. The Bertz CT molecular complexity index is 441. The zero-order valence-electron chi connectivity index (χ0n) is 14.9. The van der Waals surface area contributed by atoms with Gasteiger partial charge >= 0.3 is 6.18 Å². The summed E-state index contributed by atoms with van der Waals surface area (Å²) in [5, 5.41) is 9.04. The van der Waals surface area contributed by atoms with Gasteiger partial charge in [0.25, 0.3) is 0 Å². The molecule has 0 bridgehead atoms. The van der Waals surface area contributed by atoms with Crippen LogP contribution in [0.3, 0.4) is 0 Å². The van der Waals surface area contributed by atoms with E-state index in [9.17, 15) is 18.0 Å². The Labute approximate surface area is 141 Å². The van der Waals surface area contributed by atoms with Gasteiger partial charge < -0.3 is 16.0 Å². The van der Waals surface area contributed by atoms with Crippen LogP contribution in [0, 0.1) is 11.3 Å². The molecule has 140 valence electrons. The van der Waals surface area contributed by atoms with E-state index >= 15 is 0 Å². The number of nitrogens with zero attached hydrogens (tertiary/aromatic N) is 1. The second kappa shape index (κ2) is 8.58. The first-order valence-corrected chi connectivity index (χ1v) is 8.42. The number of alkyl halides is 3. The highest BCUT2D eigenvalue weighted by molar-refractivity contribution is 5.84. The van der Waals surface area contributed by atoms with Gasteiger partial charge in [-0.2, -0.15) is 13.2 Å². The molecule has 0 heterocycles. The number of carbonyl (C=O) groups excluding carboxylic acids is 1. The van der Waals surface area contributed by atoms with E-state index in [0.717, 1.165) is 0 Å². The van der Waals surface area contributed by atoms with Crippen molar-refractivity contribution in [2.45, 2.75) is 58.7 Å². The molecule has 5 nitrogen and oxygen atoms in total. The van der Waals surface area contributed by atoms with Crippen molar-refractivity contribution in [1.29, 1.82) is 0 Å². The van der Waals surface area contributed by atoms with Crippen molar-refractivity contribution in [3.8, 4) is 0 Å². The van der Waals surface area contributed by atoms with Gasteiger partial charge in [0.2, 0.25) is 5.91 Å². The molecule has 0 saturated heterocycles. The molecule has 8 heteroatoms. The summed E-state index contributed by atoms with van der Waals surface area (Å²) < 4.78 is 38.1. The van der Waals surface area contributed by atoms with E-state index in [4.69, 9.17) is 0 Å². The first-order valence-electron chi connectivity index (χ1n) is 8.42. The first kappa shape index (κ1) is 20.6. The fourth-order valence-corrected chi connectivity index (χ4v) is 2.74. The van der Waals surface area contributed by atoms with Gasteiger partial charge in [-0.1, -0.05) is 0 Å². The smallest absolute Gasteiger partial charge is 0.356 e. The normalized spacial score (nSPS) is 22.9. The third-order valence-corrected chi connectivity index (χ3v) is 4.40. The van der Waals surface area contributed by atoms with Crippen LogP contribution in [0.5, 0.6) is 0 Å². The maximum absolute atomic E-state index is 12.7. The topological polar surface area (TPSA) is 65.5 Å². The molecule has 24 heavy (non-hydrogen) atoms. The number of hydrogen-bond donors (Lipinski definition) is 3. The van der Waals surface area contributed by atoms with Gasteiger partial charge in [-0.15, -0.1) is 0 Å².